The van der Waals surface area contributed by atoms with Gasteiger partial charge in [-0.25, -0.2) is 0 Å². The number of aliphatic hydroxyl groups is 1. The Labute approximate surface area is 123 Å². The van der Waals surface area contributed by atoms with Gasteiger partial charge in [0.25, 0.3) is 5.91 Å². The Morgan fingerprint density at radius 3 is 2.53 bits per heavy atom. The monoisotopic (exact) mass is 327 g/mol. The van der Waals surface area contributed by atoms with Gasteiger partial charge in [0.1, 0.15) is 0 Å². The van der Waals surface area contributed by atoms with Crippen molar-refractivity contribution in [3.63, 3.8) is 0 Å². The van der Waals surface area contributed by atoms with Gasteiger partial charge in [-0.2, -0.15) is 0 Å². The first-order valence-corrected chi connectivity index (χ1v) is 7.52. The van der Waals surface area contributed by atoms with E-state index in [-0.39, 0.29) is 18.6 Å². The Bertz CT molecular complexity index is 430. The summed E-state index contributed by atoms with van der Waals surface area (Å²) in [6, 6.07) is 5.89. The average Bonchev–Trinajstić information content (AvgIpc) is 2.41. The highest BCUT2D eigenvalue weighted by molar-refractivity contribution is 9.10. The molecular weight excluding hydrogens is 306 g/mol. The Morgan fingerprint density at radius 2 is 2.00 bits per heavy atom. The van der Waals surface area contributed by atoms with Gasteiger partial charge in [0.05, 0.1) is 6.61 Å². The minimum atomic E-state index is -0.00467. The van der Waals surface area contributed by atoms with Crippen LogP contribution in [0.2, 0.25) is 0 Å². The number of nitrogens with zero attached hydrogens (tertiary/aromatic N) is 1. The summed E-state index contributed by atoms with van der Waals surface area (Å²) in [6.07, 6.45) is 1.80. The fourth-order valence-electron chi connectivity index (χ4n) is 2.27. The first kappa shape index (κ1) is 16.2. The van der Waals surface area contributed by atoms with E-state index in [2.05, 4.69) is 29.8 Å². The number of aryl methyl sites for hydroxylation is 1. The fraction of sp³-hybridized carbons (Fsp3) is 0.533. The highest BCUT2D eigenvalue weighted by atomic mass is 79.9. The lowest BCUT2D eigenvalue weighted by molar-refractivity contribution is 0.0621. The molecule has 0 heterocycles. The van der Waals surface area contributed by atoms with E-state index < -0.39 is 0 Å². The Hall–Kier alpha value is -0.870. The van der Waals surface area contributed by atoms with Crippen LogP contribution in [0.1, 0.15) is 42.6 Å². The van der Waals surface area contributed by atoms with Crippen molar-refractivity contribution >= 4 is 21.8 Å². The summed E-state index contributed by atoms with van der Waals surface area (Å²) in [5, 5.41) is 9.19. The number of hydrogen-bond acceptors (Lipinski definition) is 2. The van der Waals surface area contributed by atoms with Gasteiger partial charge >= 0.3 is 0 Å². The number of carbonyl (C=O) groups excluding carboxylic acids is 1. The van der Waals surface area contributed by atoms with E-state index in [0.29, 0.717) is 12.1 Å². The Kier molecular flexibility index (Phi) is 6.52. The standard InChI is InChI=1S/C15H22BrNO2/c1-4-13(5-2)17(8-9-18)15(19)14-10-12(16)7-6-11(14)3/h6-7,10,13,18H,4-5,8-9H2,1-3H3. The maximum Gasteiger partial charge on any atom is 0.254 e. The molecule has 106 valence electrons. The van der Waals surface area contributed by atoms with Gasteiger partial charge in [0.2, 0.25) is 0 Å². The lowest BCUT2D eigenvalue weighted by Crippen LogP contribution is -2.41. The summed E-state index contributed by atoms with van der Waals surface area (Å²) >= 11 is 3.40. The molecule has 0 aliphatic rings. The number of rotatable bonds is 6. The second-order valence-electron chi connectivity index (χ2n) is 4.65. The van der Waals surface area contributed by atoms with Gasteiger partial charge in [0, 0.05) is 22.6 Å². The molecule has 0 aromatic heterocycles. The number of benzene rings is 1. The summed E-state index contributed by atoms with van der Waals surface area (Å²) < 4.78 is 0.898. The molecule has 0 unspecified atom stereocenters. The SMILES string of the molecule is CCC(CC)N(CCO)C(=O)c1cc(Br)ccc1C. The molecule has 0 saturated heterocycles. The quantitative estimate of drug-likeness (QED) is 0.870. The van der Waals surface area contributed by atoms with Crippen LogP contribution in [0.4, 0.5) is 0 Å². The largest absolute Gasteiger partial charge is 0.395 e. The van der Waals surface area contributed by atoms with Crippen molar-refractivity contribution in [1.29, 1.82) is 0 Å². The zero-order chi connectivity index (χ0) is 14.4. The summed E-state index contributed by atoms with van der Waals surface area (Å²) in [4.78, 5) is 14.4. The summed E-state index contributed by atoms with van der Waals surface area (Å²) in [5.74, 6) is 0.00144. The summed E-state index contributed by atoms with van der Waals surface area (Å²) in [6.45, 7) is 6.45. The van der Waals surface area contributed by atoms with E-state index in [1.807, 2.05) is 25.1 Å². The van der Waals surface area contributed by atoms with Crippen LogP contribution in [0, 0.1) is 6.92 Å². The van der Waals surface area contributed by atoms with Crippen molar-refractivity contribution < 1.29 is 9.90 Å². The molecule has 0 aliphatic carbocycles. The fourth-order valence-corrected chi connectivity index (χ4v) is 2.63. The highest BCUT2D eigenvalue weighted by Crippen LogP contribution is 2.20. The highest BCUT2D eigenvalue weighted by Gasteiger charge is 2.23. The van der Waals surface area contributed by atoms with Crippen molar-refractivity contribution in [1.82, 2.24) is 4.90 Å². The number of halogens is 1. The maximum atomic E-state index is 12.7. The normalized spacial score (nSPS) is 10.8. The smallest absolute Gasteiger partial charge is 0.254 e. The molecule has 1 aromatic rings. The Morgan fingerprint density at radius 1 is 1.37 bits per heavy atom. The van der Waals surface area contributed by atoms with Gasteiger partial charge in [-0.3, -0.25) is 4.79 Å². The molecule has 4 heteroatoms. The minimum absolute atomic E-state index is 0.00144. The van der Waals surface area contributed by atoms with E-state index in [4.69, 9.17) is 0 Å². The van der Waals surface area contributed by atoms with Crippen molar-refractivity contribution in [3.8, 4) is 0 Å². The number of hydrogen-bond donors (Lipinski definition) is 1. The second kappa shape index (κ2) is 7.65. The van der Waals surface area contributed by atoms with Crippen LogP contribution >= 0.6 is 15.9 Å². The van der Waals surface area contributed by atoms with Gasteiger partial charge in [0.15, 0.2) is 0 Å². The van der Waals surface area contributed by atoms with Crippen LogP contribution in [-0.4, -0.2) is 35.1 Å². The van der Waals surface area contributed by atoms with Crippen molar-refractivity contribution in [2.45, 2.75) is 39.7 Å². The van der Waals surface area contributed by atoms with E-state index in [1.165, 1.54) is 0 Å². The van der Waals surface area contributed by atoms with Gasteiger partial charge in [-0.1, -0.05) is 35.8 Å². The first-order valence-electron chi connectivity index (χ1n) is 6.73. The third-order valence-electron chi connectivity index (χ3n) is 3.42. The molecule has 3 nitrogen and oxygen atoms in total. The zero-order valence-electron chi connectivity index (χ0n) is 11.8. The molecule has 0 aliphatic heterocycles. The molecule has 19 heavy (non-hydrogen) atoms. The third-order valence-corrected chi connectivity index (χ3v) is 3.91. The molecule has 0 bridgehead atoms. The van der Waals surface area contributed by atoms with Crippen LogP contribution in [-0.2, 0) is 0 Å². The molecule has 0 atom stereocenters. The molecule has 1 aromatic carbocycles. The van der Waals surface area contributed by atoms with Gasteiger partial charge in [-0.15, -0.1) is 0 Å². The number of amides is 1. The molecule has 1 N–H and O–H groups in total. The molecule has 0 saturated carbocycles. The van der Waals surface area contributed by atoms with Crippen LogP contribution in [0.3, 0.4) is 0 Å². The molecule has 0 spiro atoms. The van der Waals surface area contributed by atoms with Crippen LogP contribution in [0.5, 0.6) is 0 Å². The van der Waals surface area contributed by atoms with E-state index in [0.717, 1.165) is 22.9 Å². The van der Waals surface area contributed by atoms with Crippen molar-refractivity contribution in [3.05, 3.63) is 33.8 Å². The summed E-state index contributed by atoms with van der Waals surface area (Å²) in [5.41, 5.74) is 1.66. The lowest BCUT2D eigenvalue weighted by atomic mass is 10.0. The number of aliphatic hydroxyl groups excluding tert-OH is 1. The van der Waals surface area contributed by atoms with Crippen LogP contribution in [0.15, 0.2) is 22.7 Å². The molecular formula is C15H22BrNO2. The van der Waals surface area contributed by atoms with Crippen LogP contribution < -0.4 is 0 Å². The predicted molar refractivity (Wildman–Crippen MR) is 81.4 cm³/mol. The molecule has 1 amide bonds. The second-order valence-corrected chi connectivity index (χ2v) is 5.57. The first-order chi connectivity index (χ1) is 9.04. The molecule has 0 fully saturated rings. The van der Waals surface area contributed by atoms with E-state index in [9.17, 15) is 9.90 Å². The van der Waals surface area contributed by atoms with Gasteiger partial charge in [-0.05, 0) is 37.5 Å². The van der Waals surface area contributed by atoms with E-state index >= 15 is 0 Å². The van der Waals surface area contributed by atoms with Gasteiger partial charge < -0.3 is 10.0 Å². The van der Waals surface area contributed by atoms with E-state index in [1.54, 1.807) is 4.90 Å². The predicted octanol–water partition coefficient (Wildman–Crippen LogP) is 3.38. The number of carbonyl (C=O) groups is 1. The molecule has 1 rings (SSSR count). The minimum Gasteiger partial charge on any atom is -0.395 e. The zero-order valence-corrected chi connectivity index (χ0v) is 13.4. The topological polar surface area (TPSA) is 40.5 Å². The summed E-state index contributed by atoms with van der Waals surface area (Å²) in [7, 11) is 0. The lowest BCUT2D eigenvalue weighted by Gasteiger charge is -2.30. The maximum absolute atomic E-state index is 12.7. The van der Waals surface area contributed by atoms with Crippen LogP contribution in [0.25, 0.3) is 0 Å². The Balaban J connectivity index is 3.08. The molecule has 0 radical (unpaired) electrons. The van der Waals surface area contributed by atoms with Crippen molar-refractivity contribution in [2.75, 3.05) is 13.2 Å². The third kappa shape index (κ3) is 4.05. The average molecular weight is 328 g/mol. The van der Waals surface area contributed by atoms with Crippen molar-refractivity contribution in [2.24, 2.45) is 0 Å².